The zero-order valence-electron chi connectivity index (χ0n) is 20.6. The van der Waals surface area contributed by atoms with Gasteiger partial charge in [0, 0.05) is 19.5 Å². The fourth-order valence-electron chi connectivity index (χ4n) is 5.97. The Kier molecular flexibility index (Phi) is 5.73. The third-order valence-corrected chi connectivity index (χ3v) is 7.85. The minimum absolute atomic E-state index is 0.0601. The maximum atomic E-state index is 13.5. The molecule has 3 aliphatic rings. The molecule has 1 aromatic carbocycles. The number of aromatic nitrogens is 2. The molecule has 0 bridgehead atoms. The van der Waals surface area contributed by atoms with Crippen LogP contribution in [0.3, 0.4) is 0 Å². The van der Waals surface area contributed by atoms with Crippen molar-refractivity contribution in [3.63, 3.8) is 0 Å². The van der Waals surface area contributed by atoms with Gasteiger partial charge in [0.1, 0.15) is 16.0 Å². The van der Waals surface area contributed by atoms with Crippen LogP contribution in [-0.4, -0.2) is 58.4 Å². The number of rotatable bonds is 3. The van der Waals surface area contributed by atoms with Gasteiger partial charge in [0.15, 0.2) is 11.5 Å². The van der Waals surface area contributed by atoms with Gasteiger partial charge < -0.3 is 19.5 Å². The zero-order chi connectivity index (χ0) is 26.8. The number of nitrogens with one attached hydrogen (secondary N) is 2. The summed E-state index contributed by atoms with van der Waals surface area (Å²) in [7, 11) is 0. The molecule has 38 heavy (non-hydrogen) atoms. The number of ether oxygens (including phenoxy) is 1. The molecule has 4 atom stereocenters. The Bertz CT molecular complexity index is 1480. The van der Waals surface area contributed by atoms with E-state index in [-0.39, 0.29) is 40.9 Å². The van der Waals surface area contributed by atoms with E-state index in [2.05, 4.69) is 15.8 Å². The molecule has 12 heteroatoms. The molecule has 3 aromatic rings. The molecule has 0 aliphatic carbocycles. The van der Waals surface area contributed by atoms with E-state index in [9.17, 15) is 19.2 Å². The van der Waals surface area contributed by atoms with Gasteiger partial charge in [-0.1, -0.05) is 47.1 Å². The van der Waals surface area contributed by atoms with Crippen molar-refractivity contribution in [3.8, 4) is 0 Å². The fraction of sp³-hybridized carbons (Fsp3) is 0.385. The number of imide groups is 1. The lowest BCUT2D eigenvalue weighted by atomic mass is 9.64. The number of hydrogen-bond acceptors (Lipinski definition) is 9. The number of ketones is 1. The van der Waals surface area contributed by atoms with E-state index in [0.717, 1.165) is 5.56 Å². The smallest absolute Gasteiger partial charge is 0.276 e. The number of benzene rings is 1. The zero-order valence-corrected chi connectivity index (χ0v) is 21.4. The Labute approximate surface area is 221 Å². The number of carbonyl (C=O) groups is 4. The van der Waals surface area contributed by atoms with Crippen molar-refractivity contribution >= 4 is 51.9 Å². The topological polar surface area (TPSA) is 144 Å². The summed E-state index contributed by atoms with van der Waals surface area (Å²) in [6, 6.07) is 8.65. The number of morpholine rings is 1. The van der Waals surface area contributed by atoms with Crippen LogP contribution in [0.15, 0.2) is 34.9 Å². The third-order valence-electron chi connectivity index (χ3n) is 7.50. The molecule has 0 saturated carbocycles. The SMILES string of the molecule is C[C@@H]1CN2c3c(nc4c(C(=O)NCc5ccccc5)noc4c3Cl)CC3(C(=O)CC(=O)NC3=O)[C@H]2[C@H](C)O1. The number of piperidine rings is 1. The molecule has 1 unspecified atom stereocenters. The summed E-state index contributed by atoms with van der Waals surface area (Å²) in [6.45, 7) is 4.26. The van der Waals surface area contributed by atoms with Crippen molar-refractivity contribution < 1.29 is 28.4 Å². The van der Waals surface area contributed by atoms with Crippen LogP contribution in [0.1, 0.15) is 42.0 Å². The van der Waals surface area contributed by atoms with Crippen LogP contribution in [0.4, 0.5) is 5.69 Å². The first-order valence-corrected chi connectivity index (χ1v) is 12.7. The highest BCUT2D eigenvalue weighted by atomic mass is 35.5. The quantitative estimate of drug-likeness (QED) is 0.378. The van der Waals surface area contributed by atoms with Gasteiger partial charge in [0.25, 0.3) is 5.91 Å². The van der Waals surface area contributed by atoms with Crippen molar-refractivity contribution in [2.24, 2.45) is 5.41 Å². The van der Waals surface area contributed by atoms with Crippen molar-refractivity contribution in [2.75, 3.05) is 11.4 Å². The molecule has 2 fully saturated rings. The number of hydrogen-bond donors (Lipinski definition) is 2. The Morgan fingerprint density at radius 3 is 2.74 bits per heavy atom. The summed E-state index contributed by atoms with van der Waals surface area (Å²) in [4.78, 5) is 58.4. The van der Waals surface area contributed by atoms with E-state index in [4.69, 9.17) is 25.8 Å². The number of carbonyl (C=O) groups excluding carboxylic acids is 4. The average Bonchev–Trinajstić information content (AvgIpc) is 3.30. The number of fused-ring (bicyclic) bond motifs is 5. The summed E-state index contributed by atoms with van der Waals surface area (Å²) in [6.07, 6.45) is -1.32. The maximum absolute atomic E-state index is 13.5. The monoisotopic (exact) mass is 537 g/mol. The summed E-state index contributed by atoms with van der Waals surface area (Å²) < 4.78 is 11.5. The van der Waals surface area contributed by atoms with Gasteiger partial charge in [-0.25, -0.2) is 4.98 Å². The molecule has 3 aliphatic heterocycles. The third kappa shape index (κ3) is 3.60. The van der Waals surface area contributed by atoms with E-state index >= 15 is 0 Å². The summed E-state index contributed by atoms with van der Waals surface area (Å²) in [5, 5.41) is 9.27. The molecule has 2 saturated heterocycles. The minimum Gasteiger partial charge on any atom is -0.372 e. The molecule has 2 aromatic heterocycles. The number of pyridine rings is 1. The van der Waals surface area contributed by atoms with Crippen LogP contribution in [0.2, 0.25) is 5.02 Å². The second-order valence-electron chi connectivity index (χ2n) is 9.97. The van der Waals surface area contributed by atoms with Gasteiger partial charge in [-0.05, 0) is 19.4 Å². The van der Waals surface area contributed by atoms with Gasteiger partial charge in [-0.2, -0.15) is 0 Å². The first kappa shape index (κ1) is 24.5. The number of nitrogens with zero attached hydrogens (tertiary/aromatic N) is 3. The highest BCUT2D eigenvalue weighted by Gasteiger charge is 2.63. The number of amides is 3. The van der Waals surface area contributed by atoms with Gasteiger partial charge in [-0.15, -0.1) is 0 Å². The molecular weight excluding hydrogens is 514 g/mol. The average molecular weight is 538 g/mol. The van der Waals surface area contributed by atoms with Crippen LogP contribution in [0, 0.1) is 5.41 Å². The van der Waals surface area contributed by atoms with Crippen LogP contribution in [0.5, 0.6) is 0 Å². The molecule has 6 rings (SSSR count). The van der Waals surface area contributed by atoms with E-state index in [1.165, 1.54) is 0 Å². The van der Waals surface area contributed by atoms with Crippen molar-refractivity contribution in [3.05, 3.63) is 52.3 Å². The fourth-order valence-corrected chi connectivity index (χ4v) is 6.31. The Morgan fingerprint density at radius 2 is 2.00 bits per heavy atom. The van der Waals surface area contributed by atoms with Crippen molar-refractivity contribution in [1.82, 2.24) is 20.8 Å². The Hall–Kier alpha value is -3.83. The molecule has 3 amide bonds. The first-order chi connectivity index (χ1) is 18.2. The van der Waals surface area contributed by atoms with Gasteiger partial charge in [-0.3, -0.25) is 24.5 Å². The standard InChI is InChI=1S/C26H24ClN5O6/c1-12-11-32-21-15(9-26(23(32)13(2)37-12)16(33)8-17(34)30-25(26)36)29-19-20(31-38-22(19)18(21)27)24(35)28-10-14-6-4-3-5-7-14/h3-7,12-13,23H,8-11H2,1-2H3,(H,28,35)(H,30,34,36)/t12-,13+,23-,26?/m1/s1. The van der Waals surface area contributed by atoms with Crippen LogP contribution in [0.25, 0.3) is 11.1 Å². The second-order valence-corrected chi connectivity index (χ2v) is 10.4. The molecule has 1 spiro atoms. The highest BCUT2D eigenvalue weighted by molar-refractivity contribution is 6.38. The molecular formula is C26H24ClN5O6. The van der Waals surface area contributed by atoms with Crippen molar-refractivity contribution in [2.45, 2.75) is 51.5 Å². The molecule has 196 valence electrons. The van der Waals surface area contributed by atoms with Gasteiger partial charge in [0.05, 0.1) is 36.1 Å². The minimum atomic E-state index is -1.61. The van der Waals surface area contributed by atoms with Crippen molar-refractivity contribution in [1.29, 1.82) is 0 Å². The Morgan fingerprint density at radius 1 is 1.24 bits per heavy atom. The molecule has 5 heterocycles. The van der Waals surface area contributed by atoms with Gasteiger partial charge in [0.2, 0.25) is 17.4 Å². The van der Waals surface area contributed by atoms with Crippen LogP contribution in [-0.2, 0) is 32.1 Å². The Balaban J connectivity index is 1.46. The van der Waals surface area contributed by atoms with E-state index in [1.807, 2.05) is 42.2 Å². The number of anilines is 1. The largest absolute Gasteiger partial charge is 0.372 e. The normalized spacial score (nSPS) is 26.8. The first-order valence-electron chi connectivity index (χ1n) is 12.3. The summed E-state index contributed by atoms with van der Waals surface area (Å²) in [5.41, 5.74) is 0.331. The highest BCUT2D eigenvalue weighted by Crippen LogP contribution is 2.50. The lowest BCUT2D eigenvalue weighted by molar-refractivity contribution is -0.158. The molecule has 0 radical (unpaired) electrons. The van der Waals surface area contributed by atoms with Crippen LogP contribution >= 0.6 is 11.6 Å². The summed E-state index contributed by atoms with van der Waals surface area (Å²) >= 11 is 6.86. The second kappa shape index (κ2) is 8.88. The van der Waals surface area contributed by atoms with E-state index < -0.39 is 47.5 Å². The lowest BCUT2D eigenvalue weighted by Gasteiger charge is -2.55. The van der Waals surface area contributed by atoms with E-state index in [1.54, 1.807) is 6.92 Å². The predicted molar refractivity (Wildman–Crippen MR) is 134 cm³/mol. The lowest BCUT2D eigenvalue weighted by Crippen LogP contribution is -2.72. The molecule has 11 nitrogen and oxygen atoms in total. The maximum Gasteiger partial charge on any atom is 0.276 e. The van der Waals surface area contributed by atoms with Crippen LogP contribution < -0.4 is 15.5 Å². The van der Waals surface area contributed by atoms with Gasteiger partial charge >= 0.3 is 0 Å². The van der Waals surface area contributed by atoms with E-state index in [0.29, 0.717) is 17.9 Å². The molecule has 2 N–H and O–H groups in total. The summed E-state index contributed by atoms with van der Waals surface area (Å²) in [5.74, 6) is -2.33. The number of halogens is 1. The number of Topliss-reactive ketones (excluding diaryl/α,β-unsaturated/α-hetero) is 1. The predicted octanol–water partition coefficient (Wildman–Crippen LogP) is 1.95.